The Balaban J connectivity index is 1.89. The first-order chi connectivity index (χ1) is 12.3. The largest absolute Gasteiger partial charge is 0.418 e. The van der Waals surface area contributed by atoms with E-state index in [2.05, 4.69) is 4.98 Å². The molecule has 0 fully saturated rings. The van der Waals surface area contributed by atoms with Crippen molar-refractivity contribution in [1.82, 2.24) is 9.55 Å². The Bertz CT molecular complexity index is 1100. The minimum atomic E-state index is -1.06. The highest BCUT2D eigenvalue weighted by Gasteiger charge is 2.19. The van der Waals surface area contributed by atoms with Gasteiger partial charge in [-0.3, -0.25) is 19.5 Å². The van der Waals surface area contributed by atoms with E-state index in [1.807, 2.05) is 0 Å². The van der Waals surface area contributed by atoms with Gasteiger partial charge in [0.05, 0.1) is 22.2 Å². The monoisotopic (exact) mass is 361 g/mol. The number of carbonyl (C=O) groups excluding carboxylic acids is 1. The van der Waals surface area contributed by atoms with Crippen LogP contribution in [-0.4, -0.2) is 20.4 Å². The fourth-order valence-corrected chi connectivity index (χ4v) is 2.26. The lowest BCUT2D eigenvalue weighted by atomic mass is 10.2. The van der Waals surface area contributed by atoms with E-state index in [0.29, 0.717) is 6.07 Å². The number of hydrogen-bond donors (Lipinski definition) is 0. The standard InChI is InChI=1S/C16H9F2N3O5/c17-9-1-3-12-11(5-9)16(23)20(8-19-12)7-15(22)26-14-6-10(18)2-4-13(14)21(24)25/h1-6,8H,7H2. The van der Waals surface area contributed by atoms with Gasteiger partial charge in [-0.05, 0) is 24.3 Å². The second-order valence-corrected chi connectivity index (χ2v) is 5.18. The zero-order chi connectivity index (χ0) is 18.8. The maximum absolute atomic E-state index is 13.3. The van der Waals surface area contributed by atoms with Gasteiger partial charge in [0, 0.05) is 12.1 Å². The average Bonchev–Trinajstić information content (AvgIpc) is 2.57. The molecule has 0 bridgehead atoms. The molecule has 0 amide bonds. The molecule has 132 valence electrons. The van der Waals surface area contributed by atoms with Crippen molar-refractivity contribution in [3.05, 3.63) is 74.8 Å². The molecule has 1 aromatic heterocycles. The summed E-state index contributed by atoms with van der Waals surface area (Å²) in [4.78, 5) is 38.3. The van der Waals surface area contributed by atoms with E-state index in [9.17, 15) is 28.5 Å². The molecule has 0 radical (unpaired) electrons. The molecule has 0 atom stereocenters. The van der Waals surface area contributed by atoms with E-state index < -0.39 is 46.1 Å². The molecule has 0 spiro atoms. The van der Waals surface area contributed by atoms with E-state index >= 15 is 0 Å². The predicted octanol–water partition coefficient (Wildman–Crippen LogP) is 2.19. The van der Waals surface area contributed by atoms with Crippen LogP contribution >= 0.6 is 0 Å². The van der Waals surface area contributed by atoms with Crippen LogP contribution in [0.2, 0.25) is 0 Å². The number of nitrogens with zero attached hydrogens (tertiary/aromatic N) is 3. The van der Waals surface area contributed by atoms with Gasteiger partial charge in [-0.2, -0.15) is 0 Å². The van der Waals surface area contributed by atoms with Crippen LogP contribution in [0.5, 0.6) is 5.75 Å². The molecule has 3 aromatic rings. The molecule has 0 saturated heterocycles. The summed E-state index contributed by atoms with van der Waals surface area (Å²) in [7, 11) is 0. The fourth-order valence-electron chi connectivity index (χ4n) is 2.26. The van der Waals surface area contributed by atoms with Crippen LogP contribution in [-0.2, 0) is 11.3 Å². The third-order valence-corrected chi connectivity index (χ3v) is 3.43. The van der Waals surface area contributed by atoms with Gasteiger partial charge in [0.15, 0.2) is 0 Å². The van der Waals surface area contributed by atoms with Crippen molar-refractivity contribution < 1.29 is 23.2 Å². The van der Waals surface area contributed by atoms with E-state index in [1.54, 1.807) is 0 Å². The number of rotatable bonds is 4. The van der Waals surface area contributed by atoms with Gasteiger partial charge in [-0.1, -0.05) is 0 Å². The Labute approximate surface area is 143 Å². The Morgan fingerprint density at radius 1 is 1.19 bits per heavy atom. The molecule has 0 unspecified atom stereocenters. The number of nitro groups is 1. The summed E-state index contributed by atoms with van der Waals surface area (Å²) in [6.45, 7) is -0.647. The second kappa shape index (κ2) is 6.67. The predicted molar refractivity (Wildman–Crippen MR) is 84.7 cm³/mol. The number of fused-ring (bicyclic) bond motifs is 1. The van der Waals surface area contributed by atoms with Crippen LogP contribution < -0.4 is 10.3 Å². The molecule has 2 aromatic carbocycles. The van der Waals surface area contributed by atoms with Gasteiger partial charge in [-0.15, -0.1) is 0 Å². The number of esters is 1. The third kappa shape index (κ3) is 3.38. The number of carbonyl (C=O) groups is 1. The Hall–Kier alpha value is -3.69. The Kier molecular flexibility index (Phi) is 4.40. The lowest BCUT2D eigenvalue weighted by Gasteiger charge is -2.08. The summed E-state index contributed by atoms with van der Waals surface area (Å²) < 4.78 is 32.2. The third-order valence-electron chi connectivity index (χ3n) is 3.43. The van der Waals surface area contributed by atoms with Gasteiger partial charge >= 0.3 is 11.7 Å². The normalized spacial score (nSPS) is 10.7. The molecule has 26 heavy (non-hydrogen) atoms. The molecule has 10 heteroatoms. The number of benzene rings is 2. The minimum Gasteiger partial charge on any atom is -0.418 e. The smallest absolute Gasteiger partial charge is 0.331 e. The Morgan fingerprint density at radius 3 is 2.62 bits per heavy atom. The van der Waals surface area contributed by atoms with Crippen molar-refractivity contribution in [3.8, 4) is 5.75 Å². The summed E-state index contributed by atoms with van der Waals surface area (Å²) in [6, 6.07) is 5.81. The van der Waals surface area contributed by atoms with Gasteiger partial charge in [0.1, 0.15) is 18.2 Å². The van der Waals surface area contributed by atoms with Crippen LogP contribution in [0, 0.1) is 21.7 Å². The molecule has 1 heterocycles. The molecule has 0 aliphatic heterocycles. The summed E-state index contributed by atoms with van der Waals surface area (Å²) in [5.74, 6) is -3.13. The highest BCUT2D eigenvalue weighted by Crippen LogP contribution is 2.27. The highest BCUT2D eigenvalue weighted by molar-refractivity contribution is 5.78. The topological polar surface area (TPSA) is 104 Å². The van der Waals surface area contributed by atoms with Crippen molar-refractivity contribution in [1.29, 1.82) is 0 Å². The quantitative estimate of drug-likeness (QED) is 0.305. The number of ether oxygens (including phenoxy) is 1. The molecule has 0 N–H and O–H groups in total. The van der Waals surface area contributed by atoms with Crippen molar-refractivity contribution in [2.24, 2.45) is 0 Å². The van der Waals surface area contributed by atoms with Crippen molar-refractivity contribution in [2.75, 3.05) is 0 Å². The van der Waals surface area contributed by atoms with Crippen LogP contribution in [0.3, 0.4) is 0 Å². The fraction of sp³-hybridized carbons (Fsp3) is 0.0625. The van der Waals surface area contributed by atoms with Crippen molar-refractivity contribution in [2.45, 2.75) is 6.54 Å². The van der Waals surface area contributed by atoms with E-state index in [1.165, 1.54) is 6.07 Å². The number of halogens is 2. The maximum atomic E-state index is 13.3. The number of hydrogen-bond acceptors (Lipinski definition) is 6. The lowest BCUT2D eigenvalue weighted by Crippen LogP contribution is -2.27. The molecular formula is C16H9F2N3O5. The van der Waals surface area contributed by atoms with E-state index in [-0.39, 0.29) is 10.9 Å². The lowest BCUT2D eigenvalue weighted by molar-refractivity contribution is -0.385. The number of aromatic nitrogens is 2. The molecule has 3 rings (SSSR count). The molecule has 0 aliphatic rings. The Morgan fingerprint density at radius 2 is 1.88 bits per heavy atom. The number of nitro benzene ring substituents is 1. The first-order valence-corrected chi connectivity index (χ1v) is 7.14. The molecule has 8 nitrogen and oxygen atoms in total. The van der Waals surface area contributed by atoms with Gasteiger partial charge < -0.3 is 4.74 Å². The summed E-state index contributed by atoms with van der Waals surface area (Å²) >= 11 is 0. The van der Waals surface area contributed by atoms with E-state index in [0.717, 1.165) is 35.2 Å². The summed E-state index contributed by atoms with van der Waals surface area (Å²) in [5.41, 5.74) is -1.06. The first kappa shape index (κ1) is 17.1. The van der Waals surface area contributed by atoms with Crippen LogP contribution in [0.1, 0.15) is 0 Å². The van der Waals surface area contributed by atoms with Crippen LogP contribution in [0.4, 0.5) is 14.5 Å². The zero-order valence-corrected chi connectivity index (χ0v) is 12.9. The van der Waals surface area contributed by atoms with Gasteiger partial charge in [0.25, 0.3) is 5.56 Å². The zero-order valence-electron chi connectivity index (χ0n) is 12.9. The molecule has 0 aliphatic carbocycles. The second-order valence-electron chi connectivity index (χ2n) is 5.18. The van der Waals surface area contributed by atoms with Crippen LogP contribution in [0.15, 0.2) is 47.5 Å². The van der Waals surface area contributed by atoms with Crippen LogP contribution in [0.25, 0.3) is 10.9 Å². The molecular weight excluding hydrogens is 352 g/mol. The van der Waals surface area contributed by atoms with Gasteiger partial charge in [-0.25, -0.2) is 18.6 Å². The highest BCUT2D eigenvalue weighted by atomic mass is 19.1. The average molecular weight is 361 g/mol. The van der Waals surface area contributed by atoms with Gasteiger partial charge in [0.2, 0.25) is 5.75 Å². The SMILES string of the molecule is O=C(Cn1cnc2ccc(F)cc2c1=O)Oc1cc(F)ccc1[N+](=O)[O-]. The maximum Gasteiger partial charge on any atom is 0.331 e. The summed E-state index contributed by atoms with van der Waals surface area (Å²) in [6.07, 6.45) is 1.06. The molecule has 0 saturated carbocycles. The summed E-state index contributed by atoms with van der Waals surface area (Å²) in [5, 5.41) is 10.9. The van der Waals surface area contributed by atoms with Crippen molar-refractivity contribution in [3.63, 3.8) is 0 Å². The first-order valence-electron chi connectivity index (χ1n) is 7.14. The van der Waals surface area contributed by atoms with E-state index in [4.69, 9.17) is 4.74 Å². The van der Waals surface area contributed by atoms with Crippen molar-refractivity contribution >= 4 is 22.6 Å². The minimum absolute atomic E-state index is 0.0444.